The van der Waals surface area contributed by atoms with E-state index >= 15 is 0 Å². The molecule has 0 amide bonds. The zero-order chi connectivity index (χ0) is 10.7. The second-order valence-electron chi connectivity index (χ2n) is 3.27. The molecule has 0 saturated carbocycles. The van der Waals surface area contributed by atoms with Crippen molar-refractivity contribution < 1.29 is 4.74 Å². The highest BCUT2D eigenvalue weighted by Crippen LogP contribution is 1.92. The maximum absolute atomic E-state index is 11.3. The van der Waals surface area contributed by atoms with E-state index in [0.717, 1.165) is 0 Å². The van der Waals surface area contributed by atoms with Gasteiger partial charge in [-0.25, -0.2) is 4.79 Å². The molecule has 1 aromatic rings. The lowest BCUT2D eigenvalue weighted by molar-refractivity contribution is 0.102. The minimum absolute atomic E-state index is 0.0574. The van der Waals surface area contributed by atoms with Crippen molar-refractivity contribution in [2.45, 2.75) is 26.5 Å². The number of nitrogens with one attached hydrogen (secondary N) is 1. The number of rotatable bonds is 3. The maximum atomic E-state index is 11.3. The minimum Gasteiger partial charge on any atom is -0.380 e. The number of aryl methyl sites for hydroxylation is 1. The Morgan fingerprint density at radius 2 is 2.21 bits per heavy atom. The largest absolute Gasteiger partial charge is 0.380 e. The summed E-state index contributed by atoms with van der Waals surface area (Å²) in [6, 6.07) is 0. The van der Waals surface area contributed by atoms with Crippen LogP contribution in [0.15, 0.2) is 15.8 Å². The van der Waals surface area contributed by atoms with E-state index in [0.29, 0.717) is 12.1 Å². The van der Waals surface area contributed by atoms with Crippen LogP contribution in [-0.2, 0) is 11.3 Å². The molecule has 1 N–H and O–H groups in total. The van der Waals surface area contributed by atoms with Gasteiger partial charge in [-0.15, -0.1) is 0 Å². The first-order valence-electron chi connectivity index (χ1n) is 4.37. The van der Waals surface area contributed by atoms with Gasteiger partial charge in [-0.3, -0.25) is 14.3 Å². The van der Waals surface area contributed by atoms with Gasteiger partial charge in [0.05, 0.1) is 12.6 Å². The smallest absolute Gasteiger partial charge is 0.328 e. The number of H-pyrrole nitrogens is 1. The van der Waals surface area contributed by atoms with Crippen molar-refractivity contribution in [1.82, 2.24) is 9.55 Å². The molecule has 1 rings (SSSR count). The molecule has 0 spiro atoms. The highest BCUT2D eigenvalue weighted by Gasteiger charge is 2.04. The molecule has 0 saturated heterocycles. The van der Waals surface area contributed by atoms with E-state index in [2.05, 4.69) is 4.98 Å². The Kier molecular flexibility index (Phi) is 3.24. The van der Waals surface area contributed by atoms with E-state index in [-0.39, 0.29) is 11.7 Å². The SMILES string of the molecule is COC(C)Cn1cc(C)c(=O)[nH]c1=O. The summed E-state index contributed by atoms with van der Waals surface area (Å²) in [4.78, 5) is 24.6. The topological polar surface area (TPSA) is 64.1 Å². The summed E-state index contributed by atoms with van der Waals surface area (Å²) < 4.78 is 6.46. The van der Waals surface area contributed by atoms with E-state index in [1.807, 2.05) is 6.92 Å². The van der Waals surface area contributed by atoms with E-state index in [9.17, 15) is 9.59 Å². The summed E-state index contributed by atoms with van der Waals surface area (Å²) in [6.07, 6.45) is 1.48. The third-order valence-corrected chi connectivity index (χ3v) is 2.05. The van der Waals surface area contributed by atoms with Crippen molar-refractivity contribution in [3.8, 4) is 0 Å². The number of hydrogen-bond donors (Lipinski definition) is 1. The Bertz CT molecular complexity index is 419. The van der Waals surface area contributed by atoms with Crippen LogP contribution in [0.1, 0.15) is 12.5 Å². The van der Waals surface area contributed by atoms with Gasteiger partial charge in [0.1, 0.15) is 0 Å². The zero-order valence-corrected chi connectivity index (χ0v) is 8.53. The molecule has 14 heavy (non-hydrogen) atoms. The van der Waals surface area contributed by atoms with Crippen LogP contribution in [0, 0.1) is 6.92 Å². The molecule has 78 valence electrons. The predicted molar refractivity (Wildman–Crippen MR) is 52.5 cm³/mol. The fourth-order valence-electron chi connectivity index (χ4n) is 1.11. The summed E-state index contributed by atoms with van der Waals surface area (Å²) >= 11 is 0. The van der Waals surface area contributed by atoms with Gasteiger partial charge in [-0.2, -0.15) is 0 Å². The van der Waals surface area contributed by atoms with Crippen LogP contribution in [0.5, 0.6) is 0 Å². The first-order valence-corrected chi connectivity index (χ1v) is 4.37. The molecule has 1 unspecified atom stereocenters. The molecule has 0 aliphatic rings. The third-order valence-electron chi connectivity index (χ3n) is 2.05. The standard InChI is InChI=1S/C9H14N2O3/c1-6-4-11(5-7(2)14-3)9(13)10-8(6)12/h4,7H,5H2,1-3H3,(H,10,12,13). The van der Waals surface area contributed by atoms with Gasteiger partial charge in [0.15, 0.2) is 0 Å². The average molecular weight is 198 g/mol. The highest BCUT2D eigenvalue weighted by atomic mass is 16.5. The summed E-state index contributed by atoms with van der Waals surface area (Å²) in [6.45, 7) is 3.95. The summed E-state index contributed by atoms with van der Waals surface area (Å²) in [7, 11) is 1.58. The summed E-state index contributed by atoms with van der Waals surface area (Å²) in [5, 5.41) is 0. The molecule has 0 fully saturated rings. The maximum Gasteiger partial charge on any atom is 0.328 e. The van der Waals surface area contributed by atoms with E-state index in [1.54, 1.807) is 14.0 Å². The molecule has 5 heteroatoms. The van der Waals surface area contributed by atoms with Crippen molar-refractivity contribution >= 4 is 0 Å². The third kappa shape index (κ3) is 2.32. The van der Waals surface area contributed by atoms with Crippen LogP contribution in [0.3, 0.4) is 0 Å². The van der Waals surface area contributed by atoms with Crippen molar-refractivity contribution in [1.29, 1.82) is 0 Å². The van der Waals surface area contributed by atoms with Crippen LogP contribution in [0.4, 0.5) is 0 Å². The molecule has 1 aromatic heterocycles. The quantitative estimate of drug-likeness (QED) is 0.736. The number of aromatic nitrogens is 2. The lowest BCUT2D eigenvalue weighted by atomic mass is 10.3. The van der Waals surface area contributed by atoms with Crippen molar-refractivity contribution in [3.63, 3.8) is 0 Å². The summed E-state index contributed by atoms with van der Waals surface area (Å²) in [5.41, 5.74) is -0.214. The Morgan fingerprint density at radius 3 is 2.79 bits per heavy atom. The molecule has 0 aliphatic carbocycles. The Labute approximate surface area is 81.3 Å². The second-order valence-corrected chi connectivity index (χ2v) is 3.27. The average Bonchev–Trinajstić information content (AvgIpc) is 2.14. The van der Waals surface area contributed by atoms with Gasteiger partial charge >= 0.3 is 5.69 Å². The molecule has 1 atom stereocenters. The van der Waals surface area contributed by atoms with Gasteiger partial charge < -0.3 is 4.74 Å². The Morgan fingerprint density at radius 1 is 1.57 bits per heavy atom. The monoisotopic (exact) mass is 198 g/mol. The number of ether oxygens (including phenoxy) is 1. The number of hydrogen-bond acceptors (Lipinski definition) is 3. The number of methoxy groups -OCH3 is 1. The lowest BCUT2D eigenvalue weighted by Crippen LogP contribution is -2.33. The second kappa shape index (κ2) is 4.23. The fourth-order valence-corrected chi connectivity index (χ4v) is 1.11. The van der Waals surface area contributed by atoms with Gasteiger partial charge in [0.25, 0.3) is 5.56 Å². The van der Waals surface area contributed by atoms with Crippen LogP contribution in [0.25, 0.3) is 0 Å². The number of nitrogens with zero attached hydrogens (tertiary/aromatic N) is 1. The zero-order valence-electron chi connectivity index (χ0n) is 8.53. The minimum atomic E-state index is -0.399. The molecule has 0 aliphatic heterocycles. The molecule has 5 nitrogen and oxygen atoms in total. The van der Waals surface area contributed by atoms with E-state index < -0.39 is 5.69 Å². The van der Waals surface area contributed by atoms with Crippen LogP contribution >= 0.6 is 0 Å². The molecular weight excluding hydrogens is 184 g/mol. The normalized spacial score (nSPS) is 12.8. The predicted octanol–water partition coefficient (Wildman–Crippen LogP) is -0.120. The summed E-state index contributed by atoms with van der Waals surface area (Å²) in [5.74, 6) is 0. The van der Waals surface area contributed by atoms with Crippen molar-refractivity contribution in [3.05, 3.63) is 32.6 Å². The molecule has 0 aromatic carbocycles. The number of aromatic amines is 1. The van der Waals surface area contributed by atoms with Crippen LogP contribution < -0.4 is 11.2 Å². The van der Waals surface area contributed by atoms with E-state index in [4.69, 9.17) is 4.74 Å². The van der Waals surface area contributed by atoms with Gasteiger partial charge in [0, 0.05) is 18.9 Å². The fraction of sp³-hybridized carbons (Fsp3) is 0.556. The molecule has 1 heterocycles. The van der Waals surface area contributed by atoms with Crippen LogP contribution in [0.2, 0.25) is 0 Å². The molecule has 0 bridgehead atoms. The van der Waals surface area contributed by atoms with Crippen molar-refractivity contribution in [2.24, 2.45) is 0 Å². The molecular formula is C9H14N2O3. The van der Waals surface area contributed by atoms with Crippen molar-refractivity contribution in [2.75, 3.05) is 7.11 Å². The van der Waals surface area contributed by atoms with Gasteiger partial charge in [-0.1, -0.05) is 0 Å². The van der Waals surface area contributed by atoms with Gasteiger partial charge in [-0.05, 0) is 13.8 Å². The first kappa shape index (κ1) is 10.7. The van der Waals surface area contributed by atoms with Gasteiger partial charge in [0.2, 0.25) is 0 Å². The Balaban J connectivity index is 3.04. The van der Waals surface area contributed by atoms with E-state index in [1.165, 1.54) is 10.8 Å². The highest BCUT2D eigenvalue weighted by molar-refractivity contribution is 5.00. The van der Waals surface area contributed by atoms with Crippen LogP contribution in [-0.4, -0.2) is 22.8 Å². The first-order chi connectivity index (χ1) is 6.54. The Hall–Kier alpha value is -1.36. The molecule has 0 radical (unpaired) electrons. The lowest BCUT2D eigenvalue weighted by Gasteiger charge is -2.11.